The number of benzene rings is 2. The maximum absolute atomic E-state index is 12.2. The third-order valence-corrected chi connectivity index (χ3v) is 5.85. The molecule has 2 N–H and O–H groups in total. The second-order valence-electron chi connectivity index (χ2n) is 5.74. The molecule has 1 amide bonds. The Morgan fingerprint density at radius 1 is 1.12 bits per heavy atom. The standard InChI is InChI=1S/C19H21BrN2O3S/c1-3-13-26(24,25)22-18-10-6-9-17(14(18)2)21-19(23)12-11-15-7-4-5-8-16(15)20/h4-12,22H,3,13H2,1-2H3,(H,21,23)/b12-11+. The van der Waals surface area contributed by atoms with Crippen LogP contribution in [0.15, 0.2) is 53.0 Å². The van der Waals surface area contributed by atoms with E-state index in [0.717, 1.165) is 10.0 Å². The van der Waals surface area contributed by atoms with Gasteiger partial charge in [0, 0.05) is 16.2 Å². The zero-order valence-electron chi connectivity index (χ0n) is 14.6. The molecule has 138 valence electrons. The van der Waals surface area contributed by atoms with E-state index in [1.54, 1.807) is 38.1 Å². The Bertz CT molecular complexity index is 924. The molecule has 0 bridgehead atoms. The fourth-order valence-corrected chi connectivity index (χ4v) is 3.93. The van der Waals surface area contributed by atoms with Crippen molar-refractivity contribution < 1.29 is 13.2 Å². The van der Waals surface area contributed by atoms with E-state index >= 15 is 0 Å². The van der Waals surface area contributed by atoms with Crippen LogP contribution in [0.25, 0.3) is 6.08 Å². The Labute approximate surface area is 162 Å². The number of rotatable bonds is 7. The van der Waals surface area contributed by atoms with Crippen LogP contribution in [0.3, 0.4) is 0 Å². The highest BCUT2D eigenvalue weighted by Crippen LogP contribution is 2.24. The van der Waals surface area contributed by atoms with Crippen molar-refractivity contribution in [2.45, 2.75) is 20.3 Å². The van der Waals surface area contributed by atoms with Crippen molar-refractivity contribution in [3.8, 4) is 0 Å². The van der Waals surface area contributed by atoms with E-state index in [9.17, 15) is 13.2 Å². The van der Waals surface area contributed by atoms with Gasteiger partial charge in [0.25, 0.3) is 0 Å². The van der Waals surface area contributed by atoms with Crippen LogP contribution in [0.1, 0.15) is 24.5 Å². The van der Waals surface area contributed by atoms with Crippen molar-refractivity contribution in [3.05, 3.63) is 64.1 Å². The van der Waals surface area contributed by atoms with E-state index in [1.807, 2.05) is 24.3 Å². The van der Waals surface area contributed by atoms with Gasteiger partial charge in [-0.15, -0.1) is 0 Å². The highest BCUT2D eigenvalue weighted by molar-refractivity contribution is 9.10. The van der Waals surface area contributed by atoms with Gasteiger partial charge in [-0.2, -0.15) is 0 Å². The second-order valence-corrected chi connectivity index (χ2v) is 8.44. The van der Waals surface area contributed by atoms with E-state index in [0.29, 0.717) is 23.4 Å². The van der Waals surface area contributed by atoms with Gasteiger partial charge in [0.15, 0.2) is 0 Å². The molecule has 26 heavy (non-hydrogen) atoms. The molecular weight excluding hydrogens is 416 g/mol. The number of amides is 1. The molecule has 2 aromatic rings. The van der Waals surface area contributed by atoms with E-state index in [-0.39, 0.29) is 11.7 Å². The minimum Gasteiger partial charge on any atom is -0.322 e. The molecule has 0 unspecified atom stereocenters. The first-order valence-corrected chi connectivity index (χ1v) is 10.6. The van der Waals surface area contributed by atoms with Crippen molar-refractivity contribution in [1.82, 2.24) is 0 Å². The van der Waals surface area contributed by atoms with Crippen molar-refractivity contribution in [2.75, 3.05) is 15.8 Å². The maximum atomic E-state index is 12.2. The average Bonchev–Trinajstić information content (AvgIpc) is 2.57. The number of nitrogens with one attached hydrogen (secondary N) is 2. The molecule has 0 aliphatic rings. The molecule has 0 aliphatic heterocycles. The molecule has 0 fully saturated rings. The van der Waals surface area contributed by atoms with Gasteiger partial charge < -0.3 is 5.32 Å². The number of carbonyl (C=O) groups is 1. The van der Waals surface area contributed by atoms with Crippen LogP contribution in [-0.2, 0) is 14.8 Å². The zero-order chi connectivity index (χ0) is 19.2. The van der Waals surface area contributed by atoms with Crippen LogP contribution >= 0.6 is 15.9 Å². The SMILES string of the molecule is CCCS(=O)(=O)Nc1cccc(NC(=O)/C=C/c2ccccc2Br)c1C. The summed E-state index contributed by atoms with van der Waals surface area (Å²) in [6.07, 6.45) is 3.68. The topological polar surface area (TPSA) is 75.3 Å². The molecule has 0 aromatic heterocycles. The fraction of sp³-hybridized carbons (Fsp3) is 0.211. The molecule has 0 aliphatic carbocycles. The molecule has 0 heterocycles. The number of halogens is 1. The second kappa shape index (κ2) is 9.00. The number of hydrogen-bond donors (Lipinski definition) is 2. The van der Waals surface area contributed by atoms with Crippen LogP contribution in [0.2, 0.25) is 0 Å². The molecule has 0 saturated carbocycles. The Kier molecular flexibility index (Phi) is 6.99. The van der Waals surface area contributed by atoms with E-state index in [4.69, 9.17) is 0 Å². The zero-order valence-corrected chi connectivity index (χ0v) is 17.0. The third kappa shape index (κ3) is 5.71. The lowest BCUT2D eigenvalue weighted by atomic mass is 10.1. The molecule has 0 atom stereocenters. The quantitative estimate of drug-likeness (QED) is 0.624. The summed E-state index contributed by atoms with van der Waals surface area (Å²) in [6, 6.07) is 12.7. The van der Waals surface area contributed by atoms with Gasteiger partial charge >= 0.3 is 0 Å². The van der Waals surface area contributed by atoms with Crippen LogP contribution in [0.5, 0.6) is 0 Å². The van der Waals surface area contributed by atoms with Crippen molar-refractivity contribution in [2.24, 2.45) is 0 Å². The Morgan fingerprint density at radius 3 is 2.50 bits per heavy atom. The average molecular weight is 437 g/mol. The van der Waals surface area contributed by atoms with Crippen LogP contribution in [0, 0.1) is 6.92 Å². The van der Waals surface area contributed by atoms with Crippen molar-refractivity contribution in [1.29, 1.82) is 0 Å². The van der Waals surface area contributed by atoms with Crippen molar-refractivity contribution in [3.63, 3.8) is 0 Å². The van der Waals surface area contributed by atoms with Crippen LogP contribution in [0.4, 0.5) is 11.4 Å². The van der Waals surface area contributed by atoms with Gasteiger partial charge in [-0.05, 0) is 48.7 Å². The minimum absolute atomic E-state index is 0.0533. The molecular formula is C19H21BrN2O3S. The number of anilines is 2. The molecule has 5 nitrogen and oxygen atoms in total. The summed E-state index contributed by atoms with van der Waals surface area (Å²) in [5.41, 5.74) is 2.57. The number of hydrogen-bond acceptors (Lipinski definition) is 3. The summed E-state index contributed by atoms with van der Waals surface area (Å²) >= 11 is 3.43. The van der Waals surface area contributed by atoms with Gasteiger partial charge in [-0.1, -0.05) is 47.1 Å². The molecule has 2 aromatic carbocycles. The summed E-state index contributed by atoms with van der Waals surface area (Å²) in [5.74, 6) is -0.241. The monoisotopic (exact) mass is 436 g/mol. The van der Waals surface area contributed by atoms with Gasteiger partial charge in [-0.25, -0.2) is 8.42 Å². The summed E-state index contributed by atoms with van der Waals surface area (Å²) in [4.78, 5) is 12.2. The smallest absolute Gasteiger partial charge is 0.248 e. The highest BCUT2D eigenvalue weighted by Gasteiger charge is 2.12. The van der Waals surface area contributed by atoms with E-state index in [1.165, 1.54) is 6.08 Å². The Morgan fingerprint density at radius 2 is 1.81 bits per heavy atom. The molecule has 0 saturated heterocycles. The summed E-state index contributed by atoms with van der Waals surface area (Å²) < 4.78 is 27.4. The molecule has 0 spiro atoms. The van der Waals surface area contributed by atoms with E-state index < -0.39 is 10.0 Å². The van der Waals surface area contributed by atoms with Crippen LogP contribution in [-0.4, -0.2) is 20.1 Å². The first-order chi connectivity index (χ1) is 12.3. The van der Waals surface area contributed by atoms with Gasteiger partial charge in [0.2, 0.25) is 15.9 Å². The van der Waals surface area contributed by atoms with E-state index in [2.05, 4.69) is 26.0 Å². The first-order valence-electron chi connectivity index (χ1n) is 8.16. The van der Waals surface area contributed by atoms with Gasteiger partial charge in [0.1, 0.15) is 0 Å². The first kappa shape index (κ1) is 20.2. The lowest BCUT2D eigenvalue weighted by molar-refractivity contribution is -0.111. The Balaban J connectivity index is 2.13. The number of sulfonamides is 1. The summed E-state index contributed by atoms with van der Waals surface area (Å²) in [7, 11) is -3.39. The molecule has 2 rings (SSSR count). The summed E-state index contributed by atoms with van der Waals surface area (Å²) in [5, 5.41) is 2.78. The molecule has 0 radical (unpaired) electrons. The maximum Gasteiger partial charge on any atom is 0.248 e. The predicted molar refractivity (Wildman–Crippen MR) is 111 cm³/mol. The van der Waals surface area contributed by atoms with Gasteiger partial charge in [0.05, 0.1) is 11.4 Å². The minimum atomic E-state index is -3.39. The van der Waals surface area contributed by atoms with Gasteiger partial charge in [-0.3, -0.25) is 9.52 Å². The lowest BCUT2D eigenvalue weighted by Crippen LogP contribution is -2.17. The van der Waals surface area contributed by atoms with Crippen molar-refractivity contribution >= 4 is 49.3 Å². The Hall–Kier alpha value is -2.12. The highest BCUT2D eigenvalue weighted by atomic mass is 79.9. The third-order valence-electron chi connectivity index (χ3n) is 3.65. The number of carbonyl (C=O) groups excluding carboxylic acids is 1. The largest absolute Gasteiger partial charge is 0.322 e. The summed E-state index contributed by atoms with van der Waals surface area (Å²) in [6.45, 7) is 3.57. The fourth-order valence-electron chi connectivity index (χ4n) is 2.32. The predicted octanol–water partition coefficient (Wildman–Crippen LogP) is 4.56. The van der Waals surface area contributed by atoms with Crippen LogP contribution < -0.4 is 10.0 Å². The molecule has 7 heteroatoms. The normalized spacial score (nSPS) is 11.5. The lowest BCUT2D eigenvalue weighted by Gasteiger charge is -2.13.